The molecule has 1 saturated heterocycles. The van der Waals surface area contributed by atoms with E-state index < -0.39 is 15.9 Å². The van der Waals surface area contributed by atoms with Gasteiger partial charge in [0.05, 0.1) is 7.11 Å². The van der Waals surface area contributed by atoms with E-state index in [0.29, 0.717) is 13.1 Å². The lowest BCUT2D eigenvalue weighted by Gasteiger charge is -2.21. The first-order valence-electron chi connectivity index (χ1n) is 7.20. The number of carbonyl (C=O) groups is 1. The maximum Gasteiger partial charge on any atom is 0.265 e. The fraction of sp³-hybridized carbons (Fsp3) is 0.500. The number of sulfonamides is 1. The minimum atomic E-state index is -3.70. The Labute approximate surface area is 130 Å². The summed E-state index contributed by atoms with van der Waals surface area (Å²) in [5.41, 5.74) is 2.18. The number of hydrogen-bond acceptors (Lipinski definition) is 5. The molecule has 1 aromatic rings. The molecule has 1 aliphatic rings. The Kier molecular flexibility index (Phi) is 5.38. The normalized spacial score (nSPS) is 16.8. The number of ether oxygens (including phenoxy) is 1. The number of methoxy groups -OCH3 is 1. The number of hydrogen-bond donors (Lipinski definition) is 2. The number of carbonyl (C=O) groups excluding carboxylic acids is 1. The minimum Gasteiger partial charge on any atom is -0.495 e. The van der Waals surface area contributed by atoms with Crippen LogP contribution in [-0.2, 0) is 10.0 Å². The van der Waals surface area contributed by atoms with E-state index in [0.717, 1.165) is 25.7 Å². The van der Waals surface area contributed by atoms with Gasteiger partial charge in [0.25, 0.3) is 5.91 Å². The number of nitrogens with two attached hydrogens (primary N) is 1. The molecule has 3 N–H and O–H groups in total. The van der Waals surface area contributed by atoms with E-state index in [1.807, 2.05) is 5.43 Å². The zero-order chi connectivity index (χ0) is 16.2. The van der Waals surface area contributed by atoms with Crippen molar-refractivity contribution in [2.45, 2.75) is 30.6 Å². The lowest BCUT2D eigenvalue weighted by atomic mass is 10.2. The predicted molar refractivity (Wildman–Crippen MR) is 81.9 cm³/mol. The highest BCUT2D eigenvalue weighted by Crippen LogP contribution is 2.29. The van der Waals surface area contributed by atoms with Crippen LogP contribution in [0.15, 0.2) is 23.1 Å². The van der Waals surface area contributed by atoms with Gasteiger partial charge in [0.1, 0.15) is 10.6 Å². The molecule has 2 rings (SSSR count). The first-order chi connectivity index (χ1) is 10.5. The summed E-state index contributed by atoms with van der Waals surface area (Å²) in [6.45, 7) is 0.970. The average Bonchev–Trinajstić information content (AvgIpc) is 2.83. The highest BCUT2D eigenvalue weighted by Gasteiger charge is 2.29. The Balaban J connectivity index is 2.45. The van der Waals surface area contributed by atoms with Gasteiger partial charge in [-0.05, 0) is 31.0 Å². The molecule has 0 bridgehead atoms. The van der Waals surface area contributed by atoms with Crippen LogP contribution >= 0.6 is 0 Å². The maximum absolute atomic E-state index is 12.9. The van der Waals surface area contributed by atoms with E-state index in [1.54, 1.807) is 0 Å². The van der Waals surface area contributed by atoms with Crippen LogP contribution in [0.5, 0.6) is 5.75 Å². The van der Waals surface area contributed by atoms with Crippen molar-refractivity contribution in [1.29, 1.82) is 0 Å². The van der Waals surface area contributed by atoms with Gasteiger partial charge in [0.2, 0.25) is 10.0 Å². The molecule has 1 fully saturated rings. The molecular weight excluding hydrogens is 306 g/mol. The lowest BCUT2D eigenvalue weighted by molar-refractivity contribution is 0.0953. The topological polar surface area (TPSA) is 102 Å². The largest absolute Gasteiger partial charge is 0.495 e. The second-order valence-corrected chi connectivity index (χ2v) is 7.06. The Bertz CT molecular complexity index is 637. The van der Waals surface area contributed by atoms with Crippen LogP contribution in [0.3, 0.4) is 0 Å². The van der Waals surface area contributed by atoms with Crippen LogP contribution in [0.2, 0.25) is 0 Å². The maximum atomic E-state index is 12.9. The standard InChI is InChI=1S/C14H21N3O4S/c1-21-12-7-6-11(14(18)16-15)10-13(12)22(19,20)17-8-4-2-3-5-9-17/h6-7,10H,2-5,8-9,15H2,1H3,(H,16,18). The van der Waals surface area contributed by atoms with Crippen LogP contribution in [0.1, 0.15) is 36.0 Å². The molecule has 1 amide bonds. The molecule has 0 aromatic heterocycles. The van der Waals surface area contributed by atoms with Crippen LogP contribution in [0.4, 0.5) is 0 Å². The van der Waals surface area contributed by atoms with Gasteiger partial charge in [-0.25, -0.2) is 14.3 Å². The van der Waals surface area contributed by atoms with Crippen LogP contribution in [0, 0.1) is 0 Å². The number of benzene rings is 1. The molecule has 122 valence electrons. The van der Waals surface area contributed by atoms with Gasteiger partial charge in [0, 0.05) is 18.7 Å². The highest BCUT2D eigenvalue weighted by atomic mass is 32.2. The number of nitrogens with zero attached hydrogens (tertiary/aromatic N) is 1. The van der Waals surface area contributed by atoms with E-state index in [4.69, 9.17) is 10.6 Å². The molecule has 0 saturated carbocycles. The first-order valence-corrected chi connectivity index (χ1v) is 8.64. The van der Waals surface area contributed by atoms with Gasteiger partial charge >= 0.3 is 0 Å². The SMILES string of the molecule is COc1ccc(C(=O)NN)cc1S(=O)(=O)N1CCCCCC1. The predicted octanol–water partition coefficient (Wildman–Crippen LogP) is 0.863. The van der Waals surface area contributed by atoms with Crippen molar-refractivity contribution >= 4 is 15.9 Å². The van der Waals surface area contributed by atoms with Crippen molar-refractivity contribution in [3.8, 4) is 5.75 Å². The van der Waals surface area contributed by atoms with Gasteiger partial charge < -0.3 is 4.74 Å². The van der Waals surface area contributed by atoms with Gasteiger partial charge in [-0.1, -0.05) is 12.8 Å². The summed E-state index contributed by atoms with van der Waals surface area (Å²) < 4.78 is 32.3. The average molecular weight is 327 g/mol. The molecule has 1 aliphatic heterocycles. The fourth-order valence-electron chi connectivity index (χ4n) is 2.52. The van der Waals surface area contributed by atoms with Crippen molar-refractivity contribution in [2.24, 2.45) is 5.84 Å². The van der Waals surface area contributed by atoms with Crippen molar-refractivity contribution in [3.05, 3.63) is 23.8 Å². The molecule has 8 heteroatoms. The third kappa shape index (κ3) is 3.40. The van der Waals surface area contributed by atoms with Crippen LogP contribution in [0.25, 0.3) is 0 Å². The van der Waals surface area contributed by atoms with Gasteiger partial charge in [-0.3, -0.25) is 10.2 Å². The van der Waals surface area contributed by atoms with Crippen molar-refractivity contribution < 1.29 is 17.9 Å². The van der Waals surface area contributed by atoms with Crippen LogP contribution in [-0.4, -0.2) is 38.8 Å². The molecule has 0 atom stereocenters. The molecule has 1 aromatic carbocycles. The molecular formula is C14H21N3O4S. The number of hydrazine groups is 1. The van der Waals surface area contributed by atoms with Crippen LogP contribution < -0.4 is 16.0 Å². The molecule has 22 heavy (non-hydrogen) atoms. The number of nitrogens with one attached hydrogen (secondary N) is 1. The van der Waals surface area contributed by atoms with E-state index in [2.05, 4.69) is 0 Å². The summed E-state index contributed by atoms with van der Waals surface area (Å²) in [5.74, 6) is 4.78. The second-order valence-electron chi connectivity index (χ2n) is 5.16. The zero-order valence-corrected chi connectivity index (χ0v) is 13.4. The summed E-state index contributed by atoms with van der Waals surface area (Å²) >= 11 is 0. The monoisotopic (exact) mass is 327 g/mol. The Morgan fingerprint density at radius 3 is 2.41 bits per heavy atom. The third-order valence-corrected chi connectivity index (χ3v) is 5.66. The van der Waals surface area contributed by atoms with E-state index in [1.165, 1.54) is 29.6 Å². The second kappa shape index (κ2) is 7.08. The summed E-state index contributed by atoms with van der Waals surface area (Å²) in [7, 11) is -2.30. The van der Waals surface area contributed by atoms with Gasteiger partial charge in [0.15, 0.2) is 0 Å². The van der Waals surface area contributed by atoms with Gasteiger partial charge in [-0.15, -0.1) is 0 Å². The summed E-state index contributed by atoms with van der Waals surface area (Å²) in [6.07, 6.45) is 3.73. The molecule has 0 aliphatic carbocycles. The Morgan fingerprint density at radius 2 is 1.86 bits per heavy atom. The summed E-state index contributed by atoms with van der Waals surface area (Å²) in [4.78, 5) is 11.6. The lowest BCUT2D eigenvalue weighted by Crippen LogP contribution is -2.33. The van der Waals surface area contributed by atoms with E-state index in [9.17, 15) is 13.2 Å². The Hall–Kier alpha value is -1.64. The zero-order valence-electron chi connectivity index (χ0n) is 12.5. The molecule has 0 radical (unpaired) electrons. The van der Waals surface area contributed by atoms with Gasteiger partial charge in [-0.2, -0.15) is 4.31 Å². The number of rotatable bonds is 4. The third-order valence-electron chi connectivity index (χ3n) is 3.74. The van der Waals surface area contributed by atoms with E-state index >= 15 is 0 Å². The fourth-order valence-corrected chi connectivity index (χ4v) is 4.22. The quantitative estimate of drug-likeness (QED) is 0.485. The molecule has 0 spiro atoms. The molecule has 7 nitrogen and oxygen atoms in total. The minimum absolute atomic E-state index is 0.00185. The van der Waals surface area contributed by atoms with Crippen molar-refractivity contribution in [3.63, 3.8) is 0 Å². The Morgan fingerprint density at radius 1 is 1.23 bits per heavy atom. The molecule has 1 heterocycles. The van der Waals surface area contributed by atoms with Crippen molar-refractivity contribution in [2.75, 3.05) is 20.2 Å². The molecule has 0 unspecified atom stereocenters. The summed E-state index contributed by atoms with van der Waals surface area (Å²) in [6, 6.07) is 4.25. The number of nitrogen functional groups attached to an aromatic ring is 1. The summed E-state index contributed by atoms with van der Waals surface area (Å²) in [5, 5.41) is 0. The van der Waals surface area contributed by atoms with Crippen molar-refractivity contribution in [1.82, 2.24) is 9.73 Å². The first kappa shape index (κ1) is 16.7. The number of amides is 1. The smallest absolute Gasteiger partial charge is 0.265 e. The van der Waals surface area contributed by atoms with E-state index in [-0.39, 0.29) is 16.2 Å². The highest BCUT2D eigenvalue weighted by molar-refractivity contribution is 7.89.